The van der Waals surface area contributed by atoms with E-state index in [4.69, 9.17) is 24.9 Å². The molecule has 0 bridgehead atoms. The van der Waals surface area contributed by atoms with E-state index in [1.54, 1.807) is 0 Å². The Hall–Kier alpha value is -7.14. The number of para-hydroxylation sites is 3. The van der Waals surface area contributed by atoms with Crippen molar-refractivity contribution in [3.8, 4) is 79.4 Å². The summed E-state index contributed by atoms with van der Waals surface area (Å²) in [6.07, 6.45) is 3.22. The molecule has 0 spiro atoms. The number of aryl methyl sites for hydroxylation is 1. The van der Waals surface area contributed by atoms with Crippen LogP contribution in [-0.4, -0.2) is 34.1 Å². The predicted octanol–water partition coefficient (Wildman–Crippen LogP) is 18.0. The molecule has 9 aromatic carbocycles. The van der Waals surface area contributed by atoms with Crippen LogP contribution in [-0.2, 0) is 6.42 Å². The van der Waals surface area contributed by atoms with Crippen LogP contribution in [0.1, 0.15) is 25.3 Å². The third kappa shape index (κ3) is 8.99. The van der Waals surface area contributed by atoms with Gasteiger partial charge < -0.3 is 9.13 Å². The van der Waals surface area contributed by atoms with Crippen molar-refractivity contribution in [2.45, 2.75) is 26.2 Å². The molecule has 0 unspecified atom stereocenters. The number of aromatic nitrogens is 7. The molecule has 0 N–H and O–H groups in total. The zero-order chi connectivity index (χ0) is 50.6. The van der Waals surface area contributed by atoms with Crippen molar-refractivity contribution in [1.29, 1.82) is 0 Å². The third-order valence-electron chi connectivity index (χ3n) is 13.9. The van der Waals surface area contributed by atoms with Gasteiger partial charge in [-0.25, -0.2) is 24.9 Å². The van der Waals surface area contributed by atoms with Gasteiger partial charge in [0.15, 0.2) is 23.3 Å². The fraction of sp³-hybridized carbons (Fsp3) is 0.0615. The van der Waals surface area contributed by atoms with Gasteiger partial charge in [0.1, 0.15) is 0 Å². The fourth-order valence-corrected chi connectivity index (χ4v) is 13.2. The number of nitrogens with zero attached hydrogens (tertiary/aromatic N) is 7. The van der Waals surface area contributed by atoms with Gasteiger partial charge in [0.05, 0.1) is 39.1 Å². The van der Waals surface area contributed by atoms with Gasteiger partial charge in [-0.3, -0.25) is 0 Å². The number of hydrogen-bond donors (Lipinski definition) is 0. The lowest BCUT2D eigenvalue weighted by atomic mass is 10.0. The van der Waals surface area contributed by atoms with E-state index in [1.807, 2.05) is 24.3 Å². The largest absolute Gasteiger partial charge is 0.309 e. The predicted molar refractivity (Wildman–Crippen MR) is 333 cm³/mol. The van der Waals surface area contributed by atoms with Crippen LogP contribution < -0.4 is 0 Å². The van der Waals surface area contributed by atoms with Crippen LogP contribution in [0.25, 0.3) is 123 Å². The molecule has 75 heavy (non-hydrogen) atoms. The molecule has 0 saturated carbocycles. The van der Waals surface area contributed by atoms with E-state index in [9.17, 15) is 0 Å². The maximum atomic E-state index is 5.51. The van der Waals surface area contributed by atoms with Crippen molar-refractivity contribution in [2.75, 3.05) is 0 Å². The second-order valence-corrected chi connectivity index (χ2v) is 22.5. The smallest absolute Gasteiger partial charge is 0.164 e. The van der Waals surface area contributed by atoms with E-state index >= 15 is 0 Å². The molecule has 13 rings (SSSR count). The SMILES string of the molecule is CCCCc1cc(I)cc(-c2nc(-c3cc(I)cc(I)c3)nc(-c3ccc(-n4c5ccccc5c5c4ccc4c6ccccc6n(-c6ccccc6)c45)c(-c4cc(-c5ccccc5)nc(-c5ccccc5)n4)c3)n2)c1. The molecule has 4 heterocycles. The van der Waals surface area contributed by atoms with Crippen molar-refractivity contribution in [2.24, 2.45) is 0 Å². The highest BCUT2D eigenvalue weighted by atomic mass is 127. The lowest BCUT2D eigenvalue weighted by Crippen LogP contribution is -2.04. The lowest BCUT2D eigenvalue weighted by Gasteiger charge is -2.17. The number of benzene rings is 9. The van der Waals surface area contributed by atoms with Crippen LogP contribution in [0, 0.1) is 10.7 Å². The zero-order valence-electron chi connectivity index (χ0n) is 40.6. The molecule has 360 valence electrons. The molecule has 0 atom stereocenters. The highest BCUT2D eigenvalue weighted by Crippen LogP contribution is 2.44. The number of rotatable bonds is 11. The summed E-state index contributed by atoms with van der Waals surface area (Å²) >= 11 is 7.19. The van der Waals surface area contributed by atoms with Gasteiger partial charge in [-0.05, 0) is 177 Å². The Morgan fingerprint density at radius 1 is 0.387 bits per heavy atom. The third-order valence-corrected chi connectivity index (χ3v) is 15.7. The van der Waals surface area contributed by atoms with Gasteiger partial charge in [0.2, 0.25) is 0 Å². The molecule has 0 aliphatic rings. The van der Waals surface area contributed by atoms with Gasteiger partial charge in [0.25, 0.3) is 0 Å². The highest BCUT2D eigenvalue weighted by Gasteiger charge is 2.24. The van der Waals surface area contributed by atoms with Crippen molar-refractivity contribution < 1.29 is 0 Å². The average Bonchev–Trinajstić information content (AvgIpc) is 4.12. The van der Waals surface area contributed by atoms with E-state index in [2.05, 4.69) is 272 Å². The molecule has 0 amide bonds. The number of unbranched alkanes of at least 4 members (excludes halogenated alkanes) is 1. The molecular formula is C65H44I3N7. The van der Waals surface area contributed by atoms with E-state index in [-0.39, 0.29) is 0 Å². The second kappa shape index (κ2) is 20.2. The summed E-state index contributed by atoms with van der Waals surface area (Å²) in [7, 11) is 0. The molecular weight excluding hydrogens is 1260 g/mol. The first kappa shape index (κ1) is 47.6. The minimum absolute atomic E-state index is 0.572. The van der Waals surface area contributed by atoms with Gasteiger partial charge in [-0.2, -0.15) is 0 Å². The highest BCUT2D eigenvalue weighted by molar-refractivity contribution is 14.1. The first-order valence-corrected chi connectivity index (χ1v) is 28.3. The molecule has 13 aromatic rings. The van der Waals surface area contributed by atoms with E-state index in [0.29, 0.717) is 23.3 Å². The van der Waals surface area contributed by atoms with Gasteiger partial charge in [0, 0.05) is 71.3 Å². The summed E-state index contributed by atoms with van der Waals surface area (Å²) in [4.78, 5) is 26.7. The van der Waals surface area contributed by atoms with E-state index in [0.717, 1.165) is 114 Å². The molecule has 7 nitrogen and oxygen atoms in total. The number of fused-ring (bicyclic) bond motifs is 7. The summed E-state index contributed by atoms with van der Waals surface area (Å²) in [6.45, 7) is 2.24. The minimum atomic E-state index is 0.572. The molecule has 4 aromatic heterocycles. The first-order chi connectivity index (χ1) is 36.8. The summed E-state index contributed by atoms with van der Waals surface area (Å²) < 4.78 is 8.22. The molecule has 10 heteroatoms. The van der Waals surface area contributed by atoms with Crippen LogP contribution in [0.2, 0.25) is 0 Å². The fourth-order valence-electron chi connectivity index (χ4n) is 10.5. The Bertz CT molecular complexity index is 4250. The Morgan fingerprint density at radius 3 is 1.64 bits per heavy atom. The minimum Gasteiger partial charge on any atom is -0.309 e. The zero-order valence-corrected chi connectivity index (χ0v) is 47.1. The Morgan fingerprint density at radius 2 is 0.947 bits per heavy atom. The molecule has 0 saturated heterocycles. The normalized spacial score (nSPS) is 11.6. The maximum absolute atomic E-state index is 5.51. The van der Waals surface area contributed by atoms with E-state index in [1.165, 1.54) is 21.7 Å². The summed E-state index contributed by atoms with van der Waals surface area (Å²) in [5.74, 6) is 2.45. The maximum Gasteiger partial charge on any atom is 0.164 e. The monoisotopic (exact) mass is 1300 g/mol. The molecule has 0 fully saturated rings. The molecule has 0 radical (unpaired) electrons. The molecule has 0 aliphatic heterocycles. The van der Waals surface area contributed by atoms with Crippen molar-refractivity contribution in [3.63, 3.8) is 0 Å². The Labute approximate surface area is 475 Å². The van der Waals surface area contributed by atoms with Crippen LogP contribution in [0.3, 0.4) is 0 Å². The average molecular weight is 1300 g/mol. The topological polar surface area (TPSA) is 74.3 Å². The Balaban J connectivity index is 1.12. The Kier molecular flexibility index (Phi) is 12.8. The second-order valence-electron chi connectivity index (χ2n) is 18.7. The van der Waals surface area contributed by atoms with Crippen molar-refractivity contribution in [3.05, 3.63) is 229 Å². The summed E-state index contributed by atoms with van der Waals surface area (Å²) in [5, 5.41) is 4.73. The van der Waals surface area contributed by atoms with E-state index < -0.39 is 0 Å². The summed E-state index contributed by atoms with van der Waals surface area (Å²) in [6, 6.07) is 75.4. The standard InChI is InChI=1S/C65H44I3N7/c1-2-3-17-40-32-44(34-46(66)33-40)64-71-63(72-65(73-64)45-35-47(67)38-48(68)36-45)43-28-30-58(53(37-43)55-39-54(41-18-7-4-8-19-41)69-62(70-55)42-20-9-5-10-21-42)75-57-27-16-14-25-52(57)60-59(75)31-29-51-50-24-13-15-26-56(50)74(61(51)60)49-22-11-6-12-23-49/h4-16,18-39H,2-3,17H2,1H3. The van der Waals surface area contributed by atoms with Gasteiger partial charge in [-0.15, -0.1) is 0 Å². The first-order valence-electron chi connectivity index (χ1n) is 25.0. The van der Waals surface area contributed by atoms with Crippen LogP contribution in [0.15, 0.2) is 212 Å². The van der Waals surface area contributed by atoms with Crippen molar-refractivity contribution >= 4 is 111 Å². The van der Waals surface area contributed by atoms with Crippen LogP contribution in [0.4, 0.5) is 0 Å². The van der Waals surface area contributed by atoms with Crippen LogP contribution in [0.5, 0.6) is 0 Å². The molecule has 0 aliphatic carbocycles. The number of hydrogen-bond acceptors (Lipinski definition) is 5. The van der Waals surface area contributed by atoms with Gasteiger partial charge >= 0.3 is 0 Å². The summed E-state index contributed by atoms with van der Waals surface area (Å²) in [5.41, 5.74) is 15.0. The van der Waals surface area contributed by atoms with Gasteiger partial charge in [-0.1, -0.05) is 135 Å². The lowest BCUT2D eigenvalue weighted by molar-refractivity contribution is 0.795. The van der Waals surface area contributed by atoms with Crippen molar-refractivity contribution in [1.82, 2.24) is 34.1 Å². The van der Waals surface area contributed by atoms with Crippen LogP contribution >= 0.6 is 67.8 Å². The number of halogens is 3. The quantitative estimate of drug-likeness (QED) is 0.121.